The molecule has 1 aliphatic rings. The SMILES string of the molecule is COc1ccc(CC(=O)N[C@@H]2c3cc(OC)c(OC)cc3C[C@H]2O)cc1. The van der Waals surface area contributed by atoms with Gasteiger partial charge in [-0.2, -0.15) is 0 Å². The molecule has 2 aromatic carbocycles. The van der Waals surface area contributed by atoms with Gasteiger partial charge in [-0.15, -0.1) is 0 Å². The van der Waals surface area contributed by atoms with Gasteiger partial charge in [0.25, 0.3) is 0 Å². The van der Waals surface area contributed by atoms with Crippen molar-refractivity contribution in [3.05, 3.63) is 53.1 Å². The van der Waals surface area contributed by atoms with E-state index < -0.39 is 12.1 Å². The van der Waals surface area contributed by atoms with E-state index in [1.807, 2.05) is 36.4 Å². The Hall–Kier alpha value is -2.73. The highest BCUT2D eigenvalue weighted by atomic mass is 16.5. The van der Waals surface area contributed by atoms with Gasteiger partial charge in [0.15, 0.2) is 11.5 Å². The quantitative estimate of drug-likeness (QED) is 0.827. The molecular formula is C20H23NO5. The Bertz CT molecular complexity index is 788. The van der Waals surface area contributed by atoms with Crippen molar-refractivity contribution in [2.75, 3.05) is 21.3 Å². The maximum absolute atomic E-state index is 12.4. The molecule has 6 heteroatoms. The van der Waals surface area contributed by atoms with Gasteiger partial charge in [0, 0.05) is 6.42 Å². The molecule has 2 atom stereocenters. The Labute approximate surface area is 152 Å². The van der Waals surface area contributed by atoms with Crippen molar-refractivity contribution < 1.29 is 24.1 Å². The number of hydrogen-bond acceptors (Lipinski definition) is 5. The highest BCUT2D eigenvalue weighted by Gasteiger charge is 2.33. The first kappa shape index (κ1) is 18.1. The molecule has 26 heavy (non-hydrogen) atoms. The van der Waals surface area contributed by atoms with Crippen molar-refractivity contribution in [1.82, 2.24) is 5.32 Å². The zero-order valence-corrected chi connectivity index (χ0v) is 15.1. The van der Waals surface area contributed by atoms with Crippen LogP contribution in [0, 0.1) is 0 Å². The van der Waals surface area contributed by atoms with Gasteiger partial charge in [-0.05, 0) is 41.0 Å². The second kappa shape index (κ2) is 7.66. The van der Waals surface area contributed by atoms with E-state index in [1.165, 1.54) is 0 Å². The van der Waals surface area contributed by atoms with E-state index in [2.05, 4.69) is 5.32 Å². The number of aliphatic hydroxyl groups excluding tert-OH is 1. The topological polar surface area (TPSA) is 77.0 Å². The third kappa shape index (κ3) is 3.60. The summed E-state index contributed by atoms with van der Waals surface area (Å²) in [5.41, 5.74) is 2.69. The van der Waals surface area contributed by atoms with Crippen molar-refractivity contribution in [2.45, 2.75) is 25.0 Å². The largest absolute Gasteiger partial charge is 0.497 e. The Morgan fingerprint density at radius 1 is 1.08 bits per heavy atom. The second-order valence-corrected chi connectivity index (χ2v) is 6.25. The van der Waals surface area contributed by atoms with Crippen LogP contribution < -0.4 is 19.5 Å². The van der Waals surface area contributed by atoms with Crippen LogP contribution in [-0.2, 0) is 17.6 Å². The van der Waals surface area contributed by atoms with E-state index in [-0.39, 0.29) is 12.3 Å². The van der Waals surface area contributed by atoms with Crippen molar-refractivity contribution in [3.63, 3.8) is 0 Å². The zero-order chi connectivity index (χ0) is 18.7. The number of benzene rings is 2. The number of nitrogens with one attached hydrogen (secondary N) is 1. The standard InChI is InChI=1S/C20H23NO5/c1-24-14-6-4-12(5-7-14)8-19(23)21-20-15-11-18(26-3)17(25-2)10-13(15)9-16(20)22/h4-7,10-11,16,20,22H,8-9H2,1-3H3,(H,21,23)/t16-,20-/m1/s1. The molecule has 1 aliphatic carbocycles. The molecule has 2 N–H and O–H groups in total. The minimum absolute atomic E-state index is 0.151. The summed E-state index contributed by atoms with van der Waals surface area (Å²) >= 11 is 0. The van der Waals surface area contributed by atoms with E-state index in [0.717, 1.165) is 22.4 Å². The van der Waals surface area contributed by atoms with Gasteiger partial charge >= 0.3 is 0 Å². The van der Waals surface area contributed by atoms with Gasteiger partial charge < -0.3 is 24.6 Å². The van der Waals surface area contributed by atoms with Crippen LogP contribution in [0.4, 0.5) is 0 Å². The van der Waals surface area contributed by atoms with Crippen LogP contribution in [0.1, 0.15) is 22.7 Å². The molecule has 0 saturated carbocycles. The van der Waals surface area contributed by atoms with Crippen LogP contribution in [0.5, 0.6) is 17.2 Å². The molecule has 6 nitrogen and oxygen atoms in total. The number of carbonyl (C=O) groups is 1. The van der Waals surface area contributed by atoms with Crippen LogP contribution in [0.3, 0.4) is 0 Å². The maximum atomic E-state index is 12.4. The number of aliphatic hydroxyl groups is 1. The molecule has 0 unspecified atom stereocenters. The lowest BCUT2D eigenvalue weighted by Crippen LogP contribution is -2.34. The van der Waals surface area contributed by atoms with Gasteiger partial charge in [-0.3, -0.25) is 4.79 Å². The number of hydrogen-bond donors (Lipinski definition) is 2. The first-order valence-electron chi connectivity index (χ1n) is 8.41. The van der Waals surface area contributed by atoms with Crippen molar-refractivity contribution >= 4 is 5.91 Å². The van der Waals surface area contributed by atoms with E-state index in [4.69, 9.17) is 14.2 Å². The van der Waals surface area contributed by atoms with Gasteiger partial charge in [-0.1, -0.05) is 12.1 Å². The number of rotatable bonds is 6. The molecule has 0 spiro atoms. The highest BCUT2D eigenvalue weighted by molar-refractivity contribution is 5.79. The van der Waals surface area contributed by atoms with Crippen molar-refractivity contribution in [1.29, 1.82) is 0 Å². The molecule has 138 valence electrons. The lowest BCUT2D eigenvalue weighted by Gasteiger charge is -2.19. The Morgan fingerprint density at radius 2 is 1.73 bits per heavy atom. The van der Waals surface area contributed by atoms with Crippen LogP contribution in [0.2, 0.25) is 0 Å². The number of ether oxygens (including phenoxy) is 3. The summed E-state index contributed by atoms with van der Waals surface area (Å²) in [5, 5.41) is 13.3. The highest BCUT2D eigenvalue weighted by Crippen LogP contribution is 2.39. The molecule has 0 fully saturated rings. The minimum Gasteiger partial charge on any atom is -0.497 e. The fourth-order valence-corrected chi connectivity index (χ4v) is 3.28. The summed E-state index contributed by atoms with van der Waals surface area (Å²) in [6.45, 7) is 0. The molecular weight excluding hydrogens is 334 g/mol. The average Bonchev–Trinajstić information content (AvgIpc) is 2.95. The number of methoxy groups -OCH3 is 3. The molecule has 0 aromatic heterocycles. The third-order valence-corrected chi connectivity index (χ3v) is 4.63. The molecule has 3 rings (SSSR count). The maximum Gasteiger partial charge on any atom is 0.224 e. The van der Waals surface area contributed by atoms with Gasteiger partial charge in [0.05, 0.1) is 39.9 Å². The second-order valence-electron chi connectivity index (χ2n) is 6.25. The number of carbonyl (C=O) groups excluding carboxylic acids is 1. The first-order chi connectivity index (χ1) is 12.5. The Morgan fingerprint density at radius 3 is 2.35 bits per heavy atom. The summed E-state index contributed by atoms with van der Waals surface area (Å²) < 4.78 is 15.8. The monoisotopic (exact) mass is 357 g/mol. The van der Waals surface area contributed by atoms with Gasteiger partial charge in [0.2, 0.25) is 5.91 Å². The van der Waals surface area contributed by atoms with E-state index in [0.29, 0.717) is 17.9 Å². The molecule has 0 radical (unpaired) electrons. The fourth-order valence-electron chi connectivity index (χ4n) is 3.28. The summed E-state index contributed by atoms with van der Waals surface area (Å²) in [4.78, 5) is 12.4. The molecule has 2 aromatic rings. The lowest BCUT2D eigenvalue weighted by atomic mass is 10.1. The predicted octanol–water partition coefficient (Wildman–Crippen LogP) is 2.03. The zero-order valence-electron chi connectivity index (χ0n) is 15.1. The van der Waals surface area contributed by atoms with Gasteiger partial charge in [0.1, 0.15) is 5.75 Å². The molecule has 1 amide bonds. The molecule has 0 bridgehead atoms. The minimum atomic E-state index is -0.679. The normalized spacial score (nSPS) is 18.2. The predicted molar refractivity (Wildman–Crippen MR) is 96.8 cm³/mol. The third-order valence-electron chi connectivity index (χ3n) is 4.63. The van der Waals surface area contributed by atoms with E-state index >= 15 is 0 Å². The van der Waals surface area contributed by atoms with Crippen molar-refractivity contribution in [3.8, 4) is 17.2 Å². The number of fused-ring (bicyclic) bond motifs is 1. The Balaban J connectivity index is 1.74. The molecule has 0 saturated heterocycles. The fraction of sp³-hybridized carbons (Fsp3) is 0.350. The number of amides is 1. The summed E-state index contributed by atoms with van der Waals surface area (Å²) in [5.74, 6) is 1.79. The van der Waals surface area contributed by atoms with Crippen LogP contribution in [-0.4, -0.2) is 38.4 Å². The Kier molecular flexibility index (Phi) is 5.32. The molecule has 0 aliphatic heterocycles. The van der Waals surface area contributed by atoms with E-state index in [1.54, 1.807) is 21.3 Å². The van der Waals surface area contributed by atoms with Crippen molar-refractivity contribution in [2.24, 2.45) is 0 Å². The average molecular weight is 357 g/mol. The smallest absolute Gasteiger partial charge is 0.224 e. The lowest BCUT2D eigenvalue weighted by molar-refractivity contribution is -0.121. The van der Waals surface area contributed by atoms with Gasteiger partial charge in [-0.25, -0.2) is 0 Å². The summed E-state index contributed by atoms with van der Waals surface area (Å²) in [6, 6.07) is 10.6. The summed E-state index contributed by atoms with van der Waals surface area (Å²) in [6.07, 6.45) is 0.0144. The van der Waals surface area contributed by atoms with E-state index in [9.17, 15) is 9.90 Å². The van der Waals surface area contributed by atoms with Crippen LogP contribution in [0.15, 0.2) is 36.4 Å². The van der Waals surface area contributed by atoms with Crippen LogP contribution in [0.25, 0.3) is 0 Å². The summed E-state index contributed by atoms with van der Waals surface area (Å²) in [7, 11) is 4.74. The molecule has 0 heterocycles. The first-order valence-corrected chi connectivity index (χ1v) is 8.41. The van der Waals surface area contributed by atoms with Crippen LogP contribution >= 0.6 is 0 Å².